The third kappa shape index (κ3) is 3.20. The second-order valence-electron chi connectivity index (χ2n) is 4.19. The highest BCUT2D eigenvalue weighted by molar-refractivity contribution is 5.88. The zero-order valence-corrected chi connectivity index (χ0v) is 11.1. The van der Waals surface area contributed by atoms with Crippen LogP contribution in [0.4, 0.5) is 5.69 Å². The summed E-state index contributed by atoms with van der Waals surface area (Å²) < 4.78 is 4.62. The number of aromatic nitrogens is 1. The van der Waals surface area contributed by atoms with E-state index in [4.69, 9.17) is 0 Å². The molecule has 0 saturated carbocycles. The van der Waals surface area contributed by atoms with Crippen LogP contribution in [-0.2, 0) is 4.74 Å². The van der Waals surface area contributed by atoms with Crippen molar-refractivity contribution in [3.8, 4) is 0 Å². The molecule has 18 heavy (non-hydrogen) atoms. The number of nitrogens with zero attached hydrogens (tertiary/aromatic N) is 1. The normalized spacial score (nSPS) is 11.1. The van der Waals surface area contributed by atoms with Crippen LogP contribution in [-0.4, -0.2) is 35.3 Å². The van der Waals surface area contributed by atoms with Gasteiger partial charge in [0.15, 0.2) is 0 Å². The number of methoxy groups -OCH3 is 1. The number of aliphatic hydroxyl groups is 1. The Labute approximate surface area is 107 Å². The van der Waals surface area contributed by atoms with Crippen LogP contribution < -0.4 is 5.32 Å². The summed E-state index contributed by atoms with van der Waals surface area (Å²) in [5.74, 6) is -0.471. The molecule has 0 atom stereocenters. The fourth-order valence-corrected chi connectivity index (χ4v) is 1.72. The minimum absolute atomic E-state index is 0.0376. The highest BCUT2D eigenvalue weighted by atomic mass is 16.5. The van der Waals surface area contributed by atoms with Crippen molar-refractivity contribution in [3.63, 3.8) is 0 Å². The van der Waals surface area contributed by atoms with Crippen LogP contribution in [0.15, 0.2) is 18.3 Å². The van der Waals surface area contributed by atoms with E-state index in [1.54, 1.807) is 18.3 Å². The fraction of sp³-hybridized carbons (Fsp3) is 0.538. The molecule has 0 unspecified atom stereocenters. The SMILES string of the molecule is CCC(CC)(CO)Nc1ccnc(C(=O)OC)c1. The van der Waals surface area contributed by atoms with Crippen LogP contribution >= 0.6 is 0 Å². The number of hydrogen-bond acceptors (Lipinski definition) is 5. The molecule has 1 rings (SSSR count). The van der Waals surface area contributed by atoms with E-state index in [1.807, 2.05) is 13.8 Å². The molecule has 0 amide bonds. The van der Waals surface area contributed by atoms with Crippen LogP contribution in [0.5, 0.6) is 0 Å². The maximum atomic E-state index is 11.4. The predicted molar refractivity (Wildman–Crippen MR) is 69.6 cm³/mol. The summed E-state index contributed by atoms with van der Waals surface area (Å²) in [6.45, 7) is 4.06. The van der Waals surface area contributed by atoms with Crippen LogP contribution in [0.25, 0.3) is 0 Å². The van der Waals surface area contributed by atoms with Crippen molar-refractivity contribution >= 4 is 11.7 Å². The minimum Gasteiger partial charge on any atom is -0.464 e. The highest BCUT2D eigenvalue weighted by Gasteiger charge is 2.25. The third-order valence-corrected chi connectivity index (χ3v) is 3.22. The van der Waals surface area contributed by atoms with E-state index < -0.39 is 5.97 Å². The number of carbonyl (C=O) groups excluding carboxylic acids is 1. The standard InChI is InChI=1S/C13H20N2O3/c1-4-13(5-2,9-16)15-10-6-7-14-11(8-10)12(17)18-3/h6-8,16H,4-5,9H2,1-3H3,(H,14,15). The molecule has 5 heteroatoms. The van der Waals surface area contributed by atoms with Crippen molar-refractivity contribution in [1.29, 1.82) is 0 Å². The largest absolute Gasteiger partial charge is 0.464 e. The number of rotatable bonds is 6. The molecule has 5 nitrogen and oxygen atoms in total. The smallest absolute Gasteiger partial charge is 0.356 e. The number of hydrogen-bond donors (Lipinski definition) is 2. The van der Waals surface area contributed by atoms with Gasteiger partial charge in [0.1, 0.15) is 5.69 Å². The molecule has 0 saturated heterocycles. The summed E-state index contributed by atoms with van der Waals surface area (Å²) in [4.78, 5) is 15.3. The molecule has 0 aromatic carbocycles. The van der Waals surface area contributed by atoms with E-state index in [-0.39, 0.29) is 17.8 Å². The van der Waals surface area contributed by atoms with Crippen molar-refractivity contribution in [3.05, 3.63) is 24.0 Å². The van der Waals surface area contributed by atoms with Crippen LogP contribution in [0.3, 0.4) is 0 Å². The first-order valence-electron chi connectivity index (χ1n) is 6.04. The van der Waals surface area contributed by atoms with Gasteiger partial charge < -0.3 is 15.2 Å². The lowest BCUT2D eigenvalue weighted by molar-refractivity contribution is 0.0594. The van der Waals surface area contributed by atoms with E-state index in [2.05, 4.69) is 15.0 Å². The Balaban J connectivity index is 2.93. The highest BCUT2D eigenvalue weighted by Crippen LogP contribution is 2.22. The molecule has 0 radical (unpaired) electrons. The van der Waals surface area contributed by atoms with Gasteiger partial charge in [0.05, 0.1) is 19.3 Å². The maximum absolute atomic E-state index is 11.4. The summed E-state index contributed by atoms with van der Waals surface area (Å²) in [6.07, 6.45) is 3.12. The number of esters is 1. The van der Waals surface area contributed by atoms with E-state index in [0.29, 0.717) is 0 Å². The molecule has 0 aliphatic heterocycles. The van der Waals surface area contributed by atoms with Gasteiger partial charge in [-0.1, -0.05) is 13.8 Å². The topological polar surface area (TPSA) is 71.5 Å². The summed E-state index contributed by atoms with van der Waals surface area (Å²) in [7, 11) is 1.32. The quantitative estimate of drug-likeness (QED) is 0.756. The number of anilines is 1. The number of nitrogens with one attached hydrogen (secondary N) is 1. The van der Waals surface area contributed by atoms with Crippen molar-refractivity contribution in [2.24, 2.45) is 0 Å². The molecule has 0 bridgehead atoms. The monoisotopic (exact) mass is 252 g/mol. The fourth-order valence-electron chi connectivity index (χ4n) is 1.72. The second kappa shape index (κ2) is 6.35. The zero-order valence-electron chi connectivity index (χ0n) is 11.1. The summed E-state index contributed by atoms with van der Waals surface area (Å²) in [6, 6.07) is 3.39. The van der Waals surface area contributed by atoms with E-state index in [1.165, 1.54) is 7.11 Å². The van der Waals surface area contributed by atoms with Gasteiger partial charge in [-0.2, -0.15) is 0 Å². The molecule has 1 heterocycles. The lowest BCUT2D eigenvalue weighted by atomic mass is 9.93. The summed E-state index contributed by atoms with van der Waals surface area (Å²) in [5.41, 5.74) is 0.638. The van der Waals surface area contributed by atoms with Crippen molar-refractivity contribution < 1.29 is 14.6 Å². The Kier molecular flexibility index (Phi) is 5.09. The molecule has 1 aromatic rings. The average Bonchev–Trinajstić information content (AvgIpc) is 2.44. The van der Waals surface area contributed by atoms with Gasteiger partial charge in [0.2, 0.25) is 0 Å². The first-order valence-corrected chi connectivity index (χ1v) is 6.04. The Morgan fingerprint density at radius 1 is 1.50 bits per heavy atom. The number of pyridine rings is 1. The first kappa shape index (κ1) is 14.4. The number of aliphatic hydroxyl groups excluding tert-OH is 1. The van der Waals surface area contributed by atoms with E-state index >= 15 is 0 Å². The van der Waals surface area contributed by atoms with Gasteiger partial charge in [0.25, 0.3) is 0 Å². The molecule has 0 aliphatic carbocycles. The maximum Gasteiger partial charge on any atom is 0.356 e. The molecular formula is C13H20N2O3. The molecule has 100 valence electrons. The first-order chi connectivity index (χ1) is 8.60. The number of ether oxygens (including phenoxy) is 1. The van der Waals surface area contributed by atoms with Crippen molar-refractivity contribution in [1.82, 2.24) is 4.98 Å². The van der Waals surface area contributed by atoms with Gasteiger partial charge >= 0.3 is 5.97 Å². The van der Waals surface area contributed by atoms with Crippen molar-refractivity contribution in [2.45, 2.75) is 32.2 Å². The van der Waals surface area contributed by atoms with E-state index in [0.717, 1.165) is 18.5 Å². The van der Waals surface area contributed by atoms with Crippen molar-refractivity contribution in [2.75, 3.05) is 19.0 Å². The average molecular weight is 252 g/mol. The molecule has 1 aromatic heterocycles. The molecular weight excluding hydrogens is 232 g/mol. The van der Waals surface area contributed by atoms with Crippen LogP contribution in [0.1, 0.15) is 37.2 Å². The van der Waals surface area contributed by atoms with Gasteiger partial charge in [-0.3, -0.25) is 0 Å². The van der Waals surface area contributed by atoms with Crippen LogP contribution in [0, 0.1) is 0 Å². The molecule has 0 aliphatic rings. The molecule has 2 N–H and O–H groups in total. The van der Waals surface area contributed by atoms with Gasteiger partial charge in [-0.05, 0) is 25.0 Å². The summed E-state index contributed by atoms with van der Waals surface area (Å²) >= 11 is 0. The lowest BCUT2D eigenvalue weighted by Gasteiger charge is -2.32. The minimum atomic E-state index is -0.471. The molecule has 0 spiro atoms. The summed E-state index contributed by atoms with van der Waals surface area (Å²) in [5, 5.41) is 12.8. The predicted octanol–water partition coefficient (Wildman–Crippen LogP) is 1.83. The Morgan fingerprint density at radius 2 is 2.17 bits per heavy atom. The molecule has 0 fully saturated rings. The Morgan fingerprint density at radius 3 is 2.67 bits per heavy atom. The zero-order chi connectivity index (χ0) is 13.6. The second-order valence-corrected chi connectivity index (χ2v) is 4.19. The van der Waals surface area contributed by atoms with Gasteiger partial charge in [-0.25, -0.2) is 9.78 Å². The van der Waals surface area contributed by atoms with Crippen LogP contribution in [0.2, 0.25) is 0 Å². The lowest BCUT2D eigenvalue weighted by Crippen LogP contribution is -2.40. The van der Waals surface area contributed by atoms with Gasteiger partial charge in [-0.15, -0.1) is 0 Å². The Hall–Kier alpha value is -1.62. The van der Waals surface area contributed by atoms with Gasteiger partial charge in [0, 0.05) is 11.9 Å². The third-order valence-electron chi connectivity index (χ3n) is 3.22. The number of carbonyl (C=O) groups is 1. The Bertz CT molecular complexity index is 395. The van der Waals surface area contributed by atoms with E-state index in [9.17, 15) is 9.90 Å².